The number of aryl methyl sites for hydroxylation is 1. The van der Waals surface area contributed by atoms with Gasteiger partial charge in [0.1, 0.15) is 0 Å². The summed E-state index contributed by atoms with van der Waals surface area (Å²) in [5, 5.41) is 0. The molecule has 3 atom stereocenters. The van der Waals surface area contributed by atoms with Crippen LogP contribution in [0.5, 0.6) is 0 Å². The third-order valence-electron chi connectivity index (χ3n) is 7.14. The summed E-state index contributed by atoms with van der Waals surface area (Å²) in [4.78, 5) is 2.62. The lowest BCUT2D eigenvalue weighted by Crippen LogP contribution is -2.37. The van der Waals surface area contributed by atoms with Crippen molar-refractivity contribution in [2.45, 2.75) is 83.4 Å². The Labute approximate surface area is 192 Å². The second-order valence-electron chi connectivity index (χ2n) is 9.30. The fraction of sp³-hybridized carbons (Fsp3) is 0.571. The second-order valence-corrected chi connectivity index (χ2v) is 9.30. The van der Waals surface area contributed by atoms with Crippen molar-refractivity contribution >= 4 is 0 Å². The van der Waals surface area contributed by atoms with Crippen molar-refractivity contribution in [3.63, 3.8) is 0 Å². The summed E-state index contributed by atoms with van der Waals surface area (Å²) in [5.74, 6) is -1.55. The van der Waals surface area contributed by atoms with Crippen molar-refractivity contribution in [1.29, 1.82) is 0 Å². The van der Waals surface area contributed by atoms with Crippen LogP contribution in [0.4, 0.5) is 13.2 Å². The number of hydrogen-bond acceptors (Lipinski definition) is 1. The molecule has 0 aromatic heterocycles. The molecule has 2 aromatic carbocycles. The van der Waals surface area contributed by atoms with Crippen molar-refractivity contribution < 1.29 is 13.2 Å². The maximum Gasteiger partial charge on any atom is 0.392 e. The number of nitrogens with zero attached hydrogens (tertiary/aromatic N) is 1. The molecular formula is C28H38F3N. The molecule has 1 aliphatic carbocycles. The first-order valence-electron chi connectivity index (χ1n) is 12.4. The molecule has 1 aliphatic rings. The Hall–Kier alpha value is -1.81. The molecular weight excluding hydrogens is 407 g/mol. The highest BCUT2D eigenvalue weighted by molar-refractivity contribution is 5.27. The molecule has 1 saturated carbocycles. The van der Waals surface area contributed by atoms with Crippen LogP contribution in [0.1, 0.15) is 75.0 Å². The third-order valence-corrected chi connectivity index (χ3v) is 7.14. The van der Waals surface area contributed by atoms with Gasteiger partial charge in [-0.05, 0) is 74.1 Å². The van der Waals surface area contributed by atoms with Crippen LogP contribution < -0.4 is 0 Å². The summed E-state index contributed by atoms with van der Waals surface area (Å²) in [6, 6.07) is 19.2. The van der Waals surface area contributed by atoms with Gasteiger partial charge in [0, 0.05) is 12.6 Å². The molecule has 0 heterocycles. The van der Waals surface area contributed by atoms with E-state index in [4.69, 9.17) is 0 Å². The lowest BCUT2D eigenvalue weighted by Gasteiger charge is -2.31. The van der Waals surface area contributed by atoms with Crippen LogP contribution in [0.25, 0.3) is 0 Å². The minimum atomic E-state index is -4.09. The zero-order chi connectivity index (χ0) is 23.0. The molecule has 0 saturated heterocycles. The van der Waals surface area contributed by atoms with Gasteiger partial charge in [-0.15, -0.1) is 0 Å². The zero-order valence-corrected chi connectivity index (χ0v) is 19.6. The van der Waals surface area contributed by atoms with Gasteiger partial charge in [-0.2, -0.15) is 13.2 Å². The Morgan fingerprint density at radius 1 is 0.875 bits per heavy atom. The van der Waals surface area contributed by atoms with Crippen LogP contribution in [0, 0.1) is 5.92 Å². The number of halogens is 3. The smallest absolute Gasteiger partial charge is 0.300 e. The summed E-state index contributed by atoms with van der Waals surface area (Å²) >= 11 is 0. The molecule has 176 valence electrons. The van der Waals surface area contributed by atoms with Crippen LogP contribution in [-0.4, -0.2) is 30.2 Å². The second kappa shape index (κ2) is 11.9. The van der Waals surface area contributed by atoms with Gasteiger partial charge in [0.25, 0.3) is 0 Å². The molecule has 0 bridgehead atoms. The predicted octanol–water partition coefficient (Wildman–Crippen LogP) is 7.80. The average Bonchev–Trinajstić information content (AvgIpc) is 3.29. The van der Waals surface area contributed by atoms with Crippen molar-refractivity contribution in [1.82, 2.24) is 4.90 Å². The van der Waals surface area contributed by atoms with Crippen LogP contribution >= 0.6 is 0 Å². The number of rotatable bonds is 11. The van der Waals surface area contributed by atoms with E-state index >= 15 is 0 Å². The average molecular weight is 446 g/mol. The van der Waals surface area contributed by atoms with Crippen molar-refractivity contribution in [3.05, 3.63) is 71.3 Å². The van der Waals surface area contributed by atoms with Crippen LogP contribution in [0.2, 0.25) is 0 Å². The molecule has 3 unspecified atom stereocenters. The lowest BCUT2D eigenvalue weighted by atomic mass is 9.87. The SMILES string of the molecule is CCCN(CCc1ccccc1)C(CC)CCc1ccc(C2CCCC2C(F)(F)F)cc1. The van der Waals surface area contributed by atoms with E-state index in [-0.39, 0.29) is 12.3 Å². The molecule has 2 aromatic rings. The summed E-state index contributed by atoms with van der Waals surface area (Å²) in [7, 11) is 0. The summed E-state index contributed by atoms with van der Waals surface area (Å²) in [6.45, 7) is 6.66. The third kappa shape index (κ3) is 6.84. The van der Waals surface area contributed by atoms with Crippen LogP contribution in [0.15, 0.2) is 54.6 Å². The fourth-order valence-electron chi connectivity index (χ4n) is 5.34. The minimum Gasteiger partial charge on any atom is -0.300 e. The van der Waals surface area contributed by atoms with Gasteiger partial charge < -0.3 is 4.90 Å². The van der Waals surface area contributed by atoms with Crippen molar-refractivity contribution in [2.75, 3.05) is 13.1 Å². The zero-order valence-electron chi connectivity index (χ0n) is 19.6. The Morgan fingerprint density at radius 3 is 2.19 bits per heavy atom. The quantitative estimate of drug-likeness (QED) is 0.341. The summed E-state index contributed by atoms with van der Waals surface area (Å²) in [6.07, 6.45) is 2.87. The van der Waals surface area contributed by atoms with Gasteiger partial charge in [-0.3, -0.25) is 0 Å². The number of benzene rings is 2. The van der Waals surface area contributed by atoms with Gasteiger partial charge in [0.2, 0.25) is 0 Å². The van der Waals surface area contributed by atoms with E-state index < -0.39 is 12.1 Å². The van der Waals surface area contributed by atoms with E-state index in [1.807, 2.05) is 12.1 Å². The Balaban J connectivity index is 1.57. The molecule has 0 radical (unpaired) electrons. The van der Waals surface area contributed by atoms with E-state index in [0.717, 1.165) is 50.8 Å². The first kappa shape index (κ1) is 24.8. The number of alkyl halides is 3. The highest BCUT2D eigenvalue weighted by Gasteiger charge is 2.47. The minimum absolute atomic E-state index is 0.268. The van der Waals surface area contributed by atoms with Crippen LogP contribution in [-0.2, 0) is 12.8 Å². The molecule has 0 N–H and O–H groups in total. The van der Waals surface area contributed by atoms with E-state index in [1.165, 1.54) is 11.1 Å². The largest absolute Gasteiger partial charge is 0.392 e. The molecule has 0 amide bonds. The highest BCUT2D eigenvalue weighted by atomic mass is 19.4. The normalized spacial score (nSPS) is 20.1. The van der Waals surface area contributed by atoms with Crippen molar-refractivity contribution in [3.8, 4) is 0 Å². The first-order chi connectivity index (χ1) is 15.4. The maximum absolute atomic E-state index is 13.3. The van der Waals surface area contributed by atoms with Gasteiger partial charge in [0.05, 0.1) is 5.92 Å². The molecule has 3 rings (SSSR count). The molecule has 1 nitrogen and oxygen atoms in total. The van der Waals surface area contributed by atoms with E-state index in [1.54, 1.807) is 0 Å². The van der Waals surface area contributed by atoms with Gasteiger partial charge in [-0.1, -0.05) is 74.9 Å². The van der Waals surface area contributed by atoms with Gasteiger partial charge >= 0.3 is 6.18 Å². The van der Waals surface area contributed by atoms with Gasteiger partial charge in [-0.25, -0.2) is 0 Å². The molecule has 32 heavy (non-hydrogen) atoms. The molecule has 0 spiro atoms. The van der Waals surface area contributed by atoms with E-state index in [2.05, 4.69) is 61.2 Å². The fourth-order valence-corrected chi connectivity index (χ4v) is 5.34. The van der Waals surface area contributed by atoms with Crippen LogP contribution in [0.3, 0.4) is 0 Å². The Bertz CT molecular complexity index is 785. The topological polar surface area (TPSA) is 3.24 Å². The standard InChI is InChI=1S/C28H38F3N/c1-3-20-32(21-19-22-9-6-5-7-10-22)25(4-2)18-15-23-13-16-24(17-14-23)26-11-8-12-27(26)28(29,30)31/h5-7,9-10,13-14,16-17,25-27H,3-4,8,11-12,15,18-21H2,1-2H3. The molecule has 4 heteroatoms. The Kier molecular flexibility index (Phi) is 9.22. The Morgan fingerprint density at radius 2 is 1.56 bits per heavy atom. The van der Waals surface area contributed by atoms with E-state index in [0.29, 0.717) is 18.9 Å². The van der Waals surface area contributed by atoms with E-state index in [9.17, 15) is 13.2 Å². The predicted molar refractivity (Wildman–Crippen MR) is 127 cm³/mol. The molecule has 0 aliphatic heterocycles. The summed E-state index contributed by atoms with van der Waals surface area (Å²) in [5.41, 5.74) is 3.47. The summed E-state index contributed by atoms with van der Waals surface area (Å²) < 4.78 is 40.0. The monoisotopic (exact) mass is 445 g/mol. The van der Waals surface area contributed by atoms with Crippen molar-refractivity contribution in [2.24, 2.45) is 5.92 Å². The molecule has 1 fully saturated rings. The van der Waals surface area contributed by atoms with Gasteiger partial charge in [0.15, 0.2) is 0 Å². The lowest BCUT2D eigenvalue weighted by molar-refractivity contribution is -0.176. The first-order valence-corrected chi connectivity index (χ1v) is 12.4. The number of hydrogen-bond donors (Lipinski definition) is 0. The highest BCUT2D eigenvalue weighted by Crippen LogP contribution is 2.48. The maximum atomic E-state index is 13.3.